The molecule has 3 rings (SSSR count). The topological polar surface area (TPSA) is 46.9 Å². The van der Waals surface area contributed by atoms with Crippen molar-refractivity contribution < 1.29 is 4.79 Å². The quantitative estimate of drug-likeness (QED) is 0.916. The van der Waals surface area contributed by atoms with Gasteiger partial charge in [0.25, 0.3) is 0 Å². The van der Waals surface area contributed by atoms with Crippen molar-refractivity contribution in [1.29, 1.82) is 0 Å². The third-order valence-corrected chi connectivity index (χ3v) is 4.18. The van der Waals surface area contributed by atoms with Crippen LogP contribution in [0.3, 0.4) is 0 Å². The lowest BCUT2D eigenvalue weighted by molar-refractivity contribution is -0.124. The minimum absolute atomic E-state index is 0.0917. The number of hydrogen-bond donors (Lipinski definition) is 1. The van der Waals surface area contributed by atoms with E-state index in [1.807, 2.05) is 23.8 Å². The van der Waals surface area contributed by atoms with Crippen LogP contribution in [-0.2, 0) is 16.8 Å². The maximum Gasteiger partial charge on any atom is 0.230 e. The first-order valence-corrected chi connectivity index (χ1v) is 7.44. The summed E-state index contributed by atoms with van der Waals surface area (Å²) < 4.78 is 1.98. The molecule has 110 valence electrons. The minimum Gasteiger partial charge on any atom is -0.351 e. The van der Waals surface area contributed by atoms with E-state index in [1.165, 1.54) is 5.56 Å². The second-order valence-corrected chi connectivity index (χ2v) is 6.09. The average molecular weight is 283 g/mol. The number of amides is 1. The third-order valence-electron chi connectivity index (χ3n) is 4.18. The number of nitrogens with one attached hydrogen (secondary N) is 1. The first-order chi connectivity index (χ1) is 10.1. The first kappa shape index (κ1) is 13.9. The molecule has 1 aromatic carbocycles. The number of hydrogen-bond acceptors (Lipinski definition) is 2. The van der Waals surface area contributed by atoms with Crippen LogP contribution in [0, 0.1) is 6.92 Å². The highest BCUT2D eigenvalue weighted by Gasteiger charge is 2.51. The Labute approximate surface area is 125 Å². The zero-order valence-electron chi connectivity index (χ0n) is 12.5. The predicted octanol–water partition coefficient (Wildman–Crippen LogP) is 2.43. The minimum atomic E-state index is -0.296. The molecule has 1 heterocycles. The van der Waals surface area contributed by atoms with Gasteiger partial charge in [-0.3, -0.25) is 4.79 Å². The molecule has 2 aromatic rings. The van der Waals surface area contributed by atoms with Crippen LogP contribution in [0.5, 0.6) is 0 Å². The van der Waals surface area contributed by atoms with Crippen molar-refractivity contribution in [1.82, 2.24) is 14.9 Å². The molecule has 4 nitrogen and oxygen atoms in total. The van der Waals surface area contributed by atoms with E-state index < -0.39 is 0 Å². The Kier molecular flexibility index (Phi) is 3.53. The van der Waals surface area contributed by atoms with Gasteiger partial charge in [0, 0.05) is 25.0 Å². The molecule has 1 fully saturated rings. The normalized spacial score (nSPS) is 17.2. The maximum atomic E-state index is 12.6. The van der Waals surface area contributed by atoms with Crippen LogP contribution in [0.15, 0.2) is 43.0 Å². The van der Waals surface area contributed by atoms with Gasteiger partial charge in [0.15, 0.2) is 0 Å². The van der Waals surface area contributed by atoms with E-state index in [2.05, 4.69) is 35.4 Å². The van der Waals surface area contributed by atoms with Gasteiger partial charge in [-0.2, -0.15) is 0 Å². The van der Waals surface area contributed by atoms with Gasteiger partial charge in [0.2, 0.25) is 5.91 Å². The standard InChI is InChI=1S/C17H21N3O/c1-13-4-3-5-15(10-13)17(6-7-17)16(21)19-14(2)11-20-9-8-18-12-20/h3-5,8-10,12,14H,6-7,11H2,1-2H3,(H,19,21). The molecule has 21 heavy (non-hydrogen) atoms. The number of carbonyl (C=O) groups is 1. The van der Waals surface area contributed by atoms with Gasteiger partial charge in [0.1, 0.15) is 0 Å². The Morgan fingerprint density at radius 3 is 2.90 bits per heavy atom. The maximum absolute atomic E-state index is 12.6. The lowest BCUT2D eigenvalue weighted by Gasteiger charge is -2.20. The summed E-state index contributed by atoms with van der Waals surface area (Å²) in [6, 6.07) is 8.40. The molecule has 0 bridgehead atoms. The molecular formula is C17H21N3O. The van der Waals surface area contributed by atoms with Gasteiger partial charge >= 0.3 is 0 Å². The molecule has 4 heteroatoms. The second-order valence-electron chi connectivity index (χ2n) is 6.09. The van der Waals surface area contributed by atoms with Crippen molar-refractivity contribution in [2.75, 3.05) is 0 Å². The van der Waals surface area contributed by atoms with E-state index in [4.69, 9.17) is 0 Å². The number of nitrogens with zero attached hydrogens (tertiary/aromatic N) is 2. The molecule has 1 N–H and O–H groups in total. The van der Waals surface area contributed by atoms with E-state index in [1.54, 1.807) is 12.5 Å². The molecule has 1 aliphatic carbocycles. The summed E-state index contributed by atoms with van der Waals surface area (Å²) in [6.45, 7) is 4.85. The molecule has 0 radical (unpaired) electrons. The molecule has 1 saturated carbocycles. The summed E-state index contributed by atoms with van der Waals surface area (Å²) in [5.74, 6) is 0.153. The molecule has 1 aliphatic rings. The summed E-state index contributed by atoms with van der Waals surface area (Å²) in [5, 5.41) is 3.15. The fraction of sp³-hybridized carbons (Fsp3) is 0.412. The number of imidazole rings is 1. The van der Waals surface area contributed by atoms with E-state index in [9.17, 15) is 4.79 Å². The molecule has 1 aromatic heterocycles. The monoisotopic (exact) mass is 283 g/mol. The van der Waals surface area contributed by atoms with Crippen molar-refractivity contribution in [3.63, 3.8) is 0 Å². The van der Waals surface area contributed by atoms with Crippen molar-refractivity contribution >= 4 is 5.91 Å². The van der Waals surface area contributed by atoms with Crippen LogP contribution in [0.1, 0.15) is 30.9 Å². The Morgan fingerprint density at radius 1 is 1.48 bits per heavy atom. The average Bonchev–Trinajstić information content (AvgIpc) is 3.12. The summed E-state index contributed by atoms with van der Waals surface area (Å²) in [7, 11) is 0. The number of aromatic nitrogens is 2. The lowest BCUT2D eigenvalue weighted by atomic mass is 9.93. The van der Waals surface area contributed by atoms with Crippen molar-refractivity contribution in [2.24, 2.45) is 0 Å². The number of benzene rings is 1. The first-order valence-electron chi connectivity index (χ1n) is 7.44. The SMILES string of the molecule is Cc1cccc(C2(C(=O)NC(C)Cn3ccnc3)CC2)c1. The number of aryl methyl sites for hydroxylation is 1. The highest BCUT2D eigenvalue weighted by molar-refractivity contribution is 5.91. The van der Waals surface area contributed by atoms with E-state index >= 15 is 0 Å². The highest BCUT2D eigenvalue weighted by atomic mass is 16.2. The third kappa shape index (κ3) is 2.84. The van der Waals surface area contributed by atoms with Gasteiger partial charge in [-0.1, -0.05) is 29.8 Å². The highest BCUT2D eigenvalue weighted by Crippen LogP contribution is 2.48. The van der Waals surface area contributed by atoms with Gasteiger partial charge in [-0.15, -0.1) is 0 Å². The molecule has 1 amide bonds. The molecule has 0 saturated heterocycles. The zero-order chi connectivity index (χ0) is 14.9. The Balaban J connectivity index is 1.67. The van der Waals surface area contributed by atoms with E-state index in [-0.39, 0.29) is 17.4 Å². The molecule has 1 atom stereocenters. The van der Waals surface area contributed by atoms with Crippen LogP contribution in [0.2, 0.25) is 0 Å². The van der Waals surface area contributed by atoms with E-state index in [0.29, 0.717) is 0 Å². The van der Waals surface area contributed by atoms with Crippen molar-refractivity contribution in [3.8, 4) is 0 Å². The predicted molar refractivity (Wildman–Crippen MR) is 81.9 cm³/mol. The Morgan fingerprint density at radius 2 is 2.29 bits per heavy atom. The van der Waals surface area contributed by atoms with Gasteiger partial charge in [-0.05, 0) is 32.3 Å². The van der Waals surface area contributed by atoms with Gasteiger partial charge in [0.05, 0.1) is 11.7 Å². The molecule has 1 unspecified atom stereocenters. The summed E-state index contributed by atoms with van der Waals surface area (Å²) in [5.41, 5.74) is 2.06. The Hall–Kier alpha value is -2.10. The summed E-state index contributed by atoms with van der Waals surface area (Å²) >= 11 is 0. The fourth-order valence-electron chi connectivity index (χ4n) is 2.83. The van der Waals surface area contributed by atoms with Crippen LogP contribution in [0.4, 0.5) is 0 Å². The number of rotatable bonds is 5. The van der Waals surface area contributed by atoms with Crippen LogP contribution >= 0.6 is 0 Å². The summed E-state index contributed by atoms with van der Waals surface area (Å²) in [6.07, 6.45) is 7.33. The lowest BCUT2D eigenvalue weighted by Crippen LogP contribution is -2.42. The van der Waals surface area contributed by atoms with Gasteiger partial charge < -0.3 is 9.88 Å². The molecule has 0 spiro atoms. The molecule has 0 aliphatic heterocycles. The van der Waals surface area contributed by atoms with Crippen molar-refractivity contribution in [2.45, 2.75) is 44.7 Å². The number of carbonyl (C=O) groups excluding carboxylic acids is 1. The second kappa shape index (κ2) is 5.35. The Bertz CT molecular complexity index is 629. The van der Waals surface area contributed by atoms with Gasteiger partial charge in [-0.25, -0.2) is 4.98 Å². The van der Waals surface area contributed by atoms with Crippen molar-refractivity contribution in [3.05, 3.63) is 54.1 Å². The van der Waals surface area contributed by atoms with Crippen LogP contribution < -0.4 is 5.32 Å². The smallest absolute Gasteiger partial charge is 0.230 e. The largest absolute Gasteiger partial charge is 0.351 e. The fourth-order valence-corrected chi connectivity index (χ4v) is 2.83. The molecular weight excluding hydrogens is 262 g/mol. The van der Waals surface area contributed by atoms with E-state index in [0.717, 1.165) is 24.9 Å². The van der Waals surface area contributed by atoms with Crippen LogP contribution in [0.25, 0.3) is 0 Å². The zero-order valence-corrected chi connectivity index (χ0v) is 12.5. The summed E-state index contributed by atoms with van der Waals surface area (Å²) in [4.78, 5) is 16.7. The van der Waals surface area contributed by atoms with Crippen LogP contribution in [-0.4, -0.2) is 21.5 Å².